The van der Waals surface area contributed by atoms with Gasteiger partial charge in [0, 0.05) is 0 Å². The molecule has 1 saturated heterocycles. The van der Waals surface area contributed by atoms with Crippen molar-refractivity contribution in [2.45, 2.75) is 13.0 Å². The van der Waals surface area contributed by atoms with Crippen LogP contribution in [0.5, 0.6) is 11.5 Å². The van der Waals surface area contributed by atoms with E-state index >= 15 is 0 Å². The maximum atomic E-state index is 13.4. The Hall–Kier alpha value is -4.19. The van der Waals surface area contributed by atoms with E-state index in [2.05, 4.69) is 12.2 Å². The van der Waals surface area contributed by atoms with Crippen LogP contribution in [-0.4, -0.2) is 17.8 Å². The summed E-state index contributed by atoms with van der Waals surface area (Å²) in [6.45, 7) is 0.446. The van der Waals surface area contributed by atoms with E-state index in [9.17, 15) is 14.4 Å². The second kappa shape index (κ2) is 8.44. The van der Waals surface area contributed by atoms with Crippen molar-refractivity contribution in [3.8, 4) is 11.5 Å². The van der Waals surface area contributed by atoms with Crippen LogP contribution in [0.15, 0.2) is 91.0 Å². The Kier molecular flexibility index (Phi) is 5.03. The van der Waals surface area contributed by atoms with Gasteiger partial charge in [0.15, 0.2) is 0 Å². The Bertz CT molecular complexity index is 1390. The summed E-state index contributed by atoms with van der Waals surface area (Å²) in [7, 11) is 0. The Morgan fingerprint density at radius 3 is 2.11 bits per heavy atom. The van der Waals surface area contributed by atoms with Crippen LogP contribution in [0, 0.1) is 35.5 Å². The summed E-state index contributed by atoms with van der Waals surface area (Å²) in [6.07, 6.45) is 5.43. The number of carbonyl (C=O) groups is 3. The highest BCUT2D eigenvalue weighted by Gasteiger charge is 2.67. The molecule has 5 aliphatic rings. The number of ether oxygens (including phenoxy) is 2. The van der Waals surface area contributed by atoms with Gasteiger partial charge in [-0.1, -0.05) is 48.6 Å². The Labute approximate surface area is 214 Å². The molecule has 2 saturated carbocycles. The summed E-state index contributed by atoms with van der Waals surface area (Å²) in [6, 6.07) is 23.3. The van der Waals surface area contributed by atoms with E-state index in [-0.39, 0.29) is 41.0 Å². The van der Waals surface area contributed by atoms with Gasteiger partial charge < -0.3 is 9.47 Å². The van der Waals surface area contributed by atoms with Gasteiger partial charge in [0.2, 0.25) is 11.8 Å². The predicted molar refractivity (Wildman–Crippen MR) is 136 cm³/mol. The van der Waals surface area contributed by atoms with Crippen LogP contribution < -0.4 is 14.4 Å². The monoisotopic (exact) mass is 491 g/mol. The molecule has 4 aliphatic carbocycles. The molecular weight excluding hydrogens is 466 g/mol. The molecular formula is C31H25NO5. The van der Waals surface area contributed by atoms with Gasteiger partial charge in [-0.05, 0) is 78.1 Å². The van der Waals surface area contributed by atoms with Gasteiger partial charge in [-0.3, -0.25) is 9.59 Å². The fourth-order valence-electron chi connectivity index (χ4n) is 6.49. The lowest BCUT2D eigenvalue weighted by atomic mass is 9.63. The quantitative estimate of drug-likeness (QED) is 0.209. The third-order valence-corrected chi connectivity index (χ3v) is 8.29. The maximum Gasteiger partial charge on any atom is 0.343 e. The molecule has 6 atom stereocenters. The first-order chi connectivity index (χ1) is 18.1. The summed E-state index contributed by atoms with van der Waals surface area (Å²) in [5.74, 6) is 1.07. The fraction of sp³-hybridized carbons (Fsp3) is 0.258. The number of imide groups is 1. The highest BCUT2D eigenvalue weighted by Crippen LogP contribution is 2.65. The van der Waals surface area contributed by atoms with Crippen molar-refractivity contribution in [2.75, 3.05) is 4.90 Å². The van der Waals surface area contributed by atoms with Gasteiger partial charge in [0.1, 0.15) is 18.1 Å². The number of benzene rings is 3. The molecule has 3 fully saturated rings. The second-order valence-corrected chi connectivity index (χ2v) is 10.4. The van der Waals surface area contributed by atoms with Crippen LogP contribution in [0.1, 0.15) is 22.3 Å². The lowest BCUT2D eigenvalue weighted by Gasteiger charge is -2.37. The molecule has 1 heterocycles. The molecule has 0 N–H and O–H groups in total. The Morgan fingerprint density at radius 2 is 1.43 bits per heavy atom. The van der Waals surface area contributed by atoms with Gasteiger partial charge in [-0.15, -0.1) is 0 Å². The van der Waals surface area contributed by atoms with E-state index in [1.807, 2.05) is 30.3 Å². The molecule has 0 aromatic heterocycles. The summed E-state index contributed by atoms with van der Waals surface area (Å²) >= 11 is 0. The van der Waals surface area contributed by atoms with Gasteiger partial charge in [0.05, 0.1) is 23.1 Å². The minimum atomic E-state index is -0.556. The average Bonchev–Trinajstić information content (AvgIpc) is 3.71. The number of carbonyl (C=O) groups excluding carboxylic acids is 3. The zero-order valence-corrected chi connectivity index (χ0v) is 20.0. The van der Waals surface area contributed by atoms with E-state index in [1.54, 1.807) is 48.5 Å². The minimum Gasteiger partial charge on any atom is -0.489 e. The van der Waals surface area contributed by atoms with Gasteiger partial charge in [-0.25, -0.2) is 9.69 Å². The average molecular weight is 492 g/mol. The van der Waals surface area contributed by atoms with Crippen molar-refractivity contribution < 1.29 is 23.9 Å². The summed E-state index contributed by atoms with van der Waals surface area (Å²) in [5.41, 5.74) is 1.77. The lowest BCUT2D eigenvalue weighted by Crippen LogP contribution is -2.40. The predicted octanol–water partition coefficient (Wildman–Crippen LogP) is 5.04. The van der Waals surface area contributed by atoms with Crippen molar-refractivity contribution in [3.05, 3.63) is 102 Å². The molecule has 2 amide bonds. The summed E-state index contributed by atoms with van der Waals surface area (Å²) in [5, 5.41) is 0. The van der Waals surface area contributed by atoms with Crippen LogP contribution in [-0.2, 0) is 16.2 Å². The Balaban J connectivity index is 1.04. The first kappa shape index (κ1) is 22.0. The summed E-state index contributed by atoms with van der Waals surface area (Å²) in [4.78, 5) is 41.0. The normalized spacial score (nSPS) is 28.6. The first-order valence-electron chi connectivity index (χ1n) is 12.7. The number of amides is 2. The smallest absolute Gasteiger partial charge is 0.343 e. The molecule has 6 nitrogen and oxygen atoms in total. The van der Waals surface area contributed by atoms with Crippen LogP contribution in [0.2, 0.25) is 0 Å². The molecule has 37 heavy (non-hydrogen) atoms. The largest absolute Gasteiger partial charge is 0.489 e. The number of hydrogen-bond acceptors (Lipinski definition) is 5. The van der Waals surface area contributed by atoms with E-state index in [0.29, 0.717) is 35.6 Å². The van der Waals surface area contributed by atoms with Crippen molar-refractivity contribution in [3.63, 3.8) is 0 Å². The van der Waals surface area contributed by atoms with Crippen LogP contribution >= 0.6 is 0 Å². The van der Waals surface area contributed by atoms with Gasteiger partial charge in [-0.2, -0.15) is 0 Å². The molecule has 0 radical (unpaired) electrons. The number of esters is 1. The van der Waals surface area contributed by atoms with Crippen molar-refractivity contribution in [1.29, 1.82) is 0 Å². The molecule has 2 bridgehead atoms. The number of nitrogens with zero attached hydrogens (tertiary/aromatic N) is 1. The fourth-order valence-corrected chi connectivity index (χ4v) is 6.49. The zero-order chi connectivity index (χ0) is 25.1. The summed E-state index contributed by atoms with van der Waals surface area (Å²) < 4.78 is 11.3. The zero-order valence-electron chi connectivity index (χ0n) is 20.0. The van der Waals surface area contributed by atoms with E-state index in [4.69, 9.17) is 9.47 Å². The van der Waals surface area contributed by atoms with Crippen LogP contribution in [0.3, 0.4) is 0 Å². The number of rotatable bonds is 6. The van der Waals surface area contributed by atoms with Crippen molar-refractivity contribution >= 4 is 23.5 Å². The molecule has 3 aromatic rings. The number of anilines is 1. The number of hydrogen-bond donors (Lipinski definition) is 0. The molecule has 1 aliphatic heterocycles. The minimum absolute atomic E-state index is 0.142. The maximum absolute atomic E-state index is 13.4. The standard InChI is InChI=1S/C31H25NO5/c33-29-27-23-13-14-24(26-16-25(23)26)28(27)30(34)32(29)20-8-4-7-19(15-20)31(35)37-22-11-9-21(10-12-22)36-17-18-5-2-1-3-6-18/h1-15,23-28H,16-17H2/t23-,24-,25-,26-,27-,28+/m0/s1. The van der Waals surface area contributed by atoms with E-state index < -0.39 is 5.97 Å². The SMILES string of the molecule is O=C(Oc1ccc(OCc2ccccc2)cc1)c1cccc(N2C(=O)[C@@H]3[C@H]4C=C[C@@H]([C@@H]5C[C@@H]45)[C@@H]3C2=O)c1. The molecule has 3 aromatic carbocycles. The Morgan fingerprint density at radius 1 is 0.784 bits per heavy atom. The molecule has 0 spiro atoms. The van der Waals surface area contributed by atoms with Crippen LogP contribution in [0.4, 0.5) is 5.69 Å². The number of allylic oxidation sites excluding steroid dienone is 2. The van der Waals surface area contributed by atoms with Crippen molar-refractivity contribution in [1.82, 2.24) is 0 Å². The molecule has 8 rings (SSSR count). The topological polar surface area (TPSA) is 72.9 Å². The second-order valence-electron chi connectivity index (χ2n) is 10.4. The van der Waals surface area contributed by atoms with Crippen molar-refractivity contribution in [2.24, 2.45) is 35.5 Å². The molecule has 184 valence electrons. The van der Waals surface area contributed by atoms with Crippen LogP contribution in [0.25, 0.3) is 0 Å². The molecule has 0 unspecified atom stereocenters. The van der Waals surface area contributed by atoms with Gasteiger partial charge >= 0.3 is 5.97 Å². The highest BCUT2D eigenvalue weighted by atomic mass is 16.5. The molecule has 6 heteroatoms. The highest BCUT2D eigenvalue weighted by molar-refractivity contribution is 6.23. The van der Waals surface area contributed by atoms with E-state index in [0.717, 1.165) is 12.0 Å². The van der Waals surface area contributed by atoms with Gasteiger partial charge in [0.25, 0.3) is 0 Å². The first-order valence-corrected chi connectivity index (χ1v) is 12.7. The third kappa shape index (κ3) is 3.67. The van der Waals surface area contributed by atoms with E-state index in [1.165, 1.54) is 4.90 Å². The third-order valence-electron chi connectivity index (χ3n) is 8.29. The lowest BCUT2D eigenvalue weighted by molar-refractivity contribution is -0.124.